The molecule has 0 aliphatic heterocycles. The molecule has 5 N–H and O–H groups in total. The summed E-state index contributed by atoms with van der Waals surface area (Å²) in [5.74, 6) is -0.520. The molecule has 3 rings (SSSR count). The molecule has 0 saturated carbocycles. The third kappa shape index (κ3) is 6.08. The second-order valence-electron chi connectivity index (χ2n) is 9.14. The van der Waals surface area contributed by atoms with E-state index in [0.717, 1.165) is 0 Å². The number of ether oxygens (including phenoxy) is 3. The summed E-state index contributed by atoms with van der Waals surface area (Å²) in [6.45, 7) is 6.05. The number of rotatable bonds is 13. The Morgan fingerprint density at radius 3 is 2.66 bits per heavy atom. The lowest BCUT2D eigenvalue weighted by Crippen LogP contribution is -2.42. The molecule has 2 atom stereocenters. The van der Waals surface area contributed by atoms with Crippen LogP contribution in [0.15, 0.2) is 30.4 Å². The minimum atomic E-state index is -1.13. The summed E-state index contributed by atoms with van der Waals surface area (Å²) in [6, 6.07) is 4.59. The number of aliphatic hydroxyl groups is 1. The zero-order valence-corrected chi connectivity index (χ0v) is 22.4. The number of carbonyl (C=O) groups excluding carboxylic acids is 1. The van der Waals surface area contributed by atoms with Crippen LogP contribution in [0.2, 0.25) is 0 Å². The first kappa shape index (κ1) is 28.9. The summed E-state index contributed by atoms with van der Waals surface area (Å²) >= 11 is 0. The number of benzene rings is 1. The number of carboxylic acid groups (broad SMARTS) is 1. The van der Waals surface area contributed by atoms with Crippen LogP contribution in [0.3, 0.4) is 0 Å². The molecule has 0 saturated heterocycles. The Balaban J connectivity index is 1.78. The fourth-order valence-electron chi connectivity index (χ4n) is 4.60. The molecular weight excluding hydrogens is 490 g/mol. The van der Waals surface area contributed by atoms with Crippen molar-refractivity contribution in [1.29, 1.82) is 0 Å². The molecule has 10 heteroatoms. The van der Waals surface area contributed by atoms with Crippen LogP contribution >= 0.6 is 0 Å². The van der Waals surface area contributed by atoms with Gasteiger partial charge in [-0.2, -0.15) is 0 Å². The van der Waals surface area contributed by atoms with Gasteiger partial charge in [0.1, 0.15) is 11.2 Å². The summed E-state index contributed by atoms with van der Waals surface area (Å²) in [5.41, 5.74) is 7.62. The van der Waals surface area contributed by atoms with E-state index >= 15 is 0 Å². The number of carbonyl (C=O) groups is 2. The maximum absolute atomic E-state index is 13.1. The third-order valence-corrected chi connectivity index (χ3v) is 6.71. The first-order valence-electron chi connectivity index (χ1n) is 12.8. The number of aliphatic hydroxyl groups excluding tert-OH is 1. The van der Waals surface area contributed by atoms with Gasteiger partial charge in [0, 0.05) is 30.6 Å². The van der Waals surface area contributed by atoms with Crippen molar-refractivity contribution in [3.05, 3.63) is 58.4 Å². The van der Waals surface area contributed by atoms with Crippen LogP contribution in [0.1, 0.15) is 70.8 Å². The third-order valence-electron chi connectivity index (χ3n) is 6.71. The number of aromatic carboxylic acids is 1. The number of aryl methyl sites for hydroxylation is 1. The van der Waals surface area contributed by atoms with Gasteiger partial charge in [0.05, 0.1) is 43.4 Å². The molecular formula is C28H37N3O7. The number of amides is 1. The highest BCUT2D eigenvalue weighted by Crippen LogP contribution is 2.42. The normalized spacial score (nSPS) is 17.0. The van der Waals surface area contributed by atoms with Gasteiger partial charge >= 0.3 is 5.97 Å². The van der Waals surface area contributed by atoms with E-state index in [1.165, 1.54) is 7.11 Å². The maximum Gasteiger partial charge on any atom is 0.339 e. The largest absolute Gasteiger partial charge is 0.493 e. The van der Waals surface area contributed by atoms with E-state index in [4.69, 9.17) is 25.1 Å². The van der Waals surface area contributed by atoms with Gasteiger partial charge in [0.25, 0.3) is 5.91 Å². The van der Waals surface area contributed by atoms with Crippen LogP contribution < -0.4 is 20.5 Å². The fraction of sp³-hybridized carbons (Fsp3) is 0.464. The summed E-state index contributed by atoms with van der Waals surface area (Å²) < 4.78 is 17.4. The Bertz CT molecular complexity index is 1200. The van der Waals surface area contributed by atoms with Crippen molar-refractivity contribution in [3.63, 3.8) is 0 Å². The van der Waals surface area contributed by atoms with Gasteiger partial charge in [-0.1, -0.05) is 26.0 Å². The molecule has 1 aliphatic carbocycles. The SMILES string of the molecule is CCC(COC1(CC)C=CCc2nc(C)c(C(=O)O)c(N)c21)NC(=O)c1ccc(OCCCO)c(OC)c1. The lowest BCUT2D eigenvalue weighted by molar-refractivity contribution is -0.0276. The molecule has 38 heavy (non-hydrogen) atoms. The Morgan fingerprint density at radius 2 is 2.03 bits per heavy atom. The summed E-state index contributed by atoms with van der Waals surface area (Å²) in [5, 5.41) is 21.7. The number of hydrogen-bond acceptors (Lipinski definition) is 8. The molecule has 0 spiro atoms. The number of fused-ring (bicyclic) bond motifs is 1. The maximum atomic E-state index is 13.1. The number of methoxy groups -OCH3 is 1. The average molecular weight is 528 g/mol. The number of allylic oxidation sites excluding steroid dienone is 1. The standard InChI is InChI=1S/C28H37N3O7/c1-5-19(31-26(33)18-10-11-21(22(15-18)36-4)37-14-8-13-32)16-38-28(6-2)12-7-9-20-24(28)25(29)23(27(34)35)17(3)30-20/h7,10-12,15,19,32H,5-6,8-9,13-14,16H2,1-4H3,(H2,29,30)(H,31,33)(H,34,35). The van der Waals surface area contributed by atoms with Crippen molar-refractivity contribution < 1.29 is 34.0 Å². The Morgan fingerprint density at radius 1 is 1.26 bits per heavy atom. The topological polar surface area (TPSA) is 153 Å². The quantitative estimate of drug-likeness (QED) is 0.227. The monoisotopic (exact) mass is 527 g/mol. The highest BCUT2D eigenvalue weighted by Gasteiger charge is 2.38. The van der Waals surface area contributed by atoms with Crippen LogP contribution in [0.5, 0.6) is 11.5 Å². The number of nitrogens with zero attached hydrogens (tertiary/aromatic N) is 1. The van der Waals surface area contributed by atoms with Crippen LogP contribution in [-0.2, 0) is 16.8 Å². The van der Waals surface area contributed by atoms with Crippen molar-refractivity contribution in [2.75, 3.05) is 32.7 Å². The minimum absolute atomic E-state index is 0.0152. The predicted octanol–water partition coefficient (Wildman–Crippen LogP) is 3.38. The number of nitrogens with one attached hydrogen (secondary N) is 1. The molecule has 1 aromatic heterocycles. The van der Waals surface area contributed by atoms with Crippen molar-refractivity contribution >= 4 is 17.6 Å². The van der Waals surface area contributed by atoms with E-state index in [-0.39, 0.29) is 36.4 Å². The minimum Gasteiger partial charge on any atom is -0.493 e. The average Bonchev–Trinajstić information content (AvgIpc) is 2.90. The number of aromatic nitrogens is 1. The van der Waals surface area contributed by atoms with Gasteiger partial charge in [-0.15, -0.1) is 0 Å². The van der Waals surface area contributed by atoms with Gasteiger partial charge in [-0.25, -0.2) is 4.79 Å². The molecule has 0 fully saturated rings. The zero-order valence-electron chi connectivity index (χ0n) is 22.4. The van der Waals surface area contributed by atoms with Crippen LogP contribution in [-0.4, -0.2) is 60.0 Å². The molecule has 0 bridgehead atoms. The van der Waals surface area contributed by atoms with Crippen molar-refractivity contribution in [3.8, 4) is 11.5 Å². The van der Waals surface area contributed by atoms with Crippen molar-refractivity contribution in [2.24, 2.45) is 0 Å². The highest BCUT2D eigenvalue weighted by atomic mass is 16.5. The van der Waals surface area contributed by atoms with E-state index in [0.29, 0.717) is 66.3 Å². The number of nitrogen functional groups attached to an aromatic ring is 1. The van der Waals surface area contributed by atoms with Gasteiger partial charge in [0.2, 0.25) is 0 Å². The molecule has 10 nitrogen and oxygen atoms in total. The lowest BCUT2D eigenvalue weighted by Gasteiger charge is -2.37. The van der Waals surface area contributed by atoms with Gasteiger partial charge in [-0.05, 0) is 38.0 Å². The van der Waals surface area contributed by atoms with E-state index in [2.05, 4.69) is 10.3 Å². The second-order valence-corrected chi connectivity index (χ2v) is 9.14. The highest BCUT2D eigenvalue weighted by molar-refractivity contribution is 5.96. The van der Waals surface area contributed by atoms with Gasteiger partial charge < -0.3 is 35.5 Å². The molecule has 1 amide bonds. The van der Waals surface area contributed by atoms with Gasteiger partial charge in [-0.3, -0.25) is 9.78 Å². The number of anilines is 1. The lowest BCUT2D eigenvalue weighted by atomic mass is 9.82. The molecule has 2 aromatic rings. The van der Waals surface area contributed by atoms with E-state index in [1.54, 1.807) is 25.1 Å². The fourth-order valence-corrected chi connectivity index (χ4v) is 4.60. The first-order chi connectivity index (χ1) is 18.2. The van der Waals surface area contributed by atoms with Gasteiger partial charge in [0.15, 0.2) is 11.5 Å². The Kier molecular flexibility index (Phi) is 9.71. The van der Waals surface area contributed by atoms with Crippen molar-refractivity contribution in [1.82, 2.24) is 10.3 Å². The Hall–Kier alpha value is -3.63. The smallest absolute Gasteiger partial charge is 0.339 e. The summed E-state index contributed by atoms with van der Waals surface area (Å²) in [7, 11) is 1.50. The number of carboxylic acids is 1. The number of nitrogens with two attached hydrogens (primary N) is 1. The molecule has 2 unspecified atom stereocenters. The van der Waals surface area contributed by atoms with Crippen LogP contribution in [0.25, 0.3) is 0 Å². The molecule has 1 aliphatic rings. The van der Waals surface area contributed by atoms with Crippen LogP contribution in [0, 0.1) is 6.92 Å². The molecule has 0 radical (unpaired) electrons. The van der Waals surface area contributed by atoms with E-state index in [9.17, 15) is 14.7 Å². The molecule has 206 valence electrons. The Labute approximate surface area is 222 Å². The zero-order chi connectivity index (χ0) is 27.9. The van der Waals surface area contributed by atoms with Crippen LogP contribution in [0.4, 0.5) is 5.69 Å². The molecule has 1 aromatic carbocycles. The summed E-state index contributed by atoms with van der Waals surface area (Å²) in [6.07, 6.45) is 5.98. The summed E-state index contributed by atoms with van der Waals surface area (Å²) in [4.78, 5) is 29.5. The van der Waals surface area contributed by atoms with E-state index < -0.39 is 11.6 Å². The van der Waals surface area contributed by atoms with E-state index in [1.807, 2.05) is 26.0 Å². The number of hydrogen-bond donors (Lipinski definition) is 4. The second kappa shape index (κ2) is 12.7. The molecule has 1 heterocycles. The number of pyridine rings is 1. The predicted molar refractivity (Wildman–Crippen MR) is 143 cm³/mol. The van der Waals surface area contributed by atoms with Crippen molar-refractivity contribution in [2.45, 2.75) is 58.1 Å². The first-order valence-corrected chi connectivity index (χ1v) is 12.8.